The lowest BCUT2D eigenvalue weighted by Crippen LogP contribution is -2.25. The van der Waals surface area contributed by atoms with Crippen molar-refractivity contribution < 1.29 is 8.42 Å². The van der Waals surface area contributed by atoms with E-state index in [0.717, 1.165) is 15.4 Å². The van der Waals surface area contributed by atoms with Crippen LogP contribution < -0.4 is 10.5 Å². The molecule has 2 rings (SSSR count). The van der Waals surface area contributed by atoms with E-state index in [1.165, 1.54) is 11.3 Å². The Bertz CT molecular complexity index is 736. The van der Waals surface area contributed by atoms with Crippen molar-refractivity contribution in [2.24, 2.45) is 0 Å². The van der Waals surface area contributed by atoms with Gasteiger partial charge >= 0.3 is 0 Å². The minimum absolute atomic E-state index is 0.158. The van der Waals surface area contributed by atoms with Gasteiger partial charge in [-0.3, -0.25) is 0 Å². The number of nitrogens with one attached hydrogen (secondary N) is 1. The summed E-state index contributed by atoms with van der Waals surface area (Å²) in [4.78, 5) is 5.34. The van der Waals surface area contributed by atoms with Gasteiger partial charge in [-0.2, -0.15) is 0 Å². The Kier molecular flexibility index (Phi) is 4.12. The largest absolute Gasteiger partial charge is 0.398 e. The van der Waals surface area contributed by atoms with Crippen molar-refractivity contribution in [2.45, 2.75) is 32.2 Å². The van der Waals surface area contributed by atoms with Crippen LogP contribution in [-0.4, -0.2) is 13.4 Å². The topological polar surface area (TPSA) is 85.1 Å². The summed E-state index contributed by atoms with van der Waals surface area (Å²) in [6, 6.07) is 3.43. The number of aromatic nitrogens is 1. The van der Waals surface area contributed by atoms with E-state index in [1.807, 2.05) is 19.9 Å². The maximum Gasteiger partial charge on any atom is 0.243 e. The molecule has 1 aromatic heterocycles. The highest BCUT2D eigenvalue weighted by Gasteiger charge is 2.21. The third-order valence-electron chi connectivity index (χ3n) is 3.06. The van der Waals surface area contributed by atoms with Gasteiger partial charge in [-0.05, 0) is 38.0 Å². The van der Waals surface area contributed by atoms with Gasteiger partial charge in [0.2, 0.25) is 10.0 Å². The van der Waals surface area contributed by atoms with Crippen molar-refractivity contribution in [2.75, 3.05) is 5.73 Å². The van der Waals surface area contributed by atoms with E-state index in [1.54, 1.807) is 19.2 Å². The van der Waals surface area contributed by atoms with E-state index < -0.39 is 10.0 Å². The predicted octanol–water partition coefficient (Wildman–Crippen LogP) is 2.13. The zero-order valence-corrected chi connectivity index (χ0v) is 13.2. The molecule has 5 nitrogen and oxygen atoms in total. The van der Waals surface area contributed by atoms with Crippen LogP contribution in [0.15, 0.2) is 23.2 Å². The molecule has 7 heteroatoms. The molecule has 0 spiro atoms. The second-order valence-electron chi connectivity index (χ2n) is 4.62. The number of nitrogens with two attached hydrogens (primary N) is 1. The summed E-state index contributed by atoms with van der Waals surface area (Å²) < 4.78 is 27.3. The first-order chi connectivity index (χ1) is 9.31. The third kappa shape index (κ3) is 3.00. The van der Waals surface area contributed by atoms with E-state index >= 15 is 0 Å². The summed E-state index contributed by atoms with van der Waals surface area (Å²) in [5.41, 5.74) is 7.64. The first-order valence-electron chi connectivity index (χ1n) is 6.08. The third-order valence-corrected chi connectivity index (χ3v) is 5.57. The van der Waals surface area contributed by atoms with E-state index in [9.17, 15) is 8.42 Å². The summed E-state index contributed by atoms with van der Waals surface area (Å²) >= 11 is 1.47. The van der Waals surface area contributed by atoms with Crippen LogP contribution in [0.4, 0.5) is 5.69 Å². The van der Waals surface area contributed by atoms with E-state index in [-0.39, 0.29) is 17.1 Å². The average molecular weight is 311 g/mol. The quantitative estimate of drug-likeness (QED) is 0.847. The number of hydrogen-bond donors (Lipinski definition) is 2. The molecule has 0 atom stereocenters. The molecule has 20 heavy (non-hydrogen) atoms. The molecule has 0 aliphatic carbocycles. The molecule has 0 saturated carbocycles. The van der Waals surface area contributed by atoms with Crippen LogP contribution in [-0.2, 0) is 16.6 Å². The van der Waals surface area contributed by atoms with Crippen LogP contribution in [0.1, 0.15) is 21.0 Å². The van der Waals surface area contributed by atoms with Gasteiger partial charge in [-0.1, -0.05) is 6.07 Å². The van der Waals surface area contributed by atoms with Crippen LogP contribution in [0.3, 0.4) is 0 Å². The minimum atomic E-state index is -3.64. The number of anilines is 1. The van der Waals surface area contributed by atoms with Gasteiger partial charge in [-0.15, -0.1) is 11.3 Å². The van der Waals surface area contributed by atoms with Crippen molar-refractivity contribution >= 4 is 27.0 Å². The van der Waals surface area contributed by atoms with Crippen LogP contribution in [0.5, 0.6) is 0 Å². The number of rotatable bonds is 4. The van der Waals surface area contributed by atoms with Gasteiger partial charge in [0.1, 0.15) is 9.90 Å². The molecule has 0 fully saturated rings. The van der Waals surface area contributed by atoms with E-state index in [4.69, 9.17) is 5.73 Å². The normalized spacial score (nSPS) is 11.8. The van der Waals surface area contributed by atoms with Gasteiger partial charge in [0.15, 0.2) is 0 Å². The number of thiazole rings is 1. The Morgan fingerprint density at radius 3 is 2.60 bits per heavy atom. The van der Waals surface area contributed by atoms with Gasteiger partial charge in [0.25, 0.3) is 0 Å². The fraction of sp³-hybridized carbons (Fsp3) is 0.308. The van der Waals surface area contributed by atoms with Crippen molar-refractivity contribution in [3.05, 3.63) is 39.3 Å². The van der Waals surface area contributed by atoms with Crippen LogP contribution in [0.25, 0.3) is 0 Å². The van der Waals surface area contributed by atoms with Gasteiger partial charge < -0.3 is 5.73 Å². The maximum absolute atomic E-state index is 12.4. The molecule has 2 aromatic rings. The standard InChI is InChI=1S/C13H17N3O2S2/c1-8-4-5-11(14)13(10(8)3)20(17,18)16-7-12-15-6-9(2)19-12/h4-6,16H,7,14H2,1-3H3. The smallest absolute Gasteiger partial charge is 0.243 e. The van der Waals surface area contributed by atoms with Crippen molar-refractivity contribution in [3.8, 4) is 0 Å². The average Bonchev–Trinajstić information content (AvgIpc) is 2.78. The second-order valence-corrected chi connectivity index (χ2v) is 7.64. The van der Waals surface area contributed by atoms with Crippen LogP contribution in [0.2, 0.25) is 0 Å². The number of sulfonamides is 1. The maximum atomic E-state index is 12.4. The highest BCUT2D eigenvalue weighted by Crippen LogP contribution is 2.25. The molecule has 0 unspecified atom stereocenters. The fourth-order valence-electron chi connectivity index (χ4n) is 1.88. The number of nitrogens with zero attached hydrogens (tertiary/aromatic N) is 1. The van der Waals surface area contributed by atoms with E-state index in [2.05, 4.69) is 9.71 Å². The monoisotopic (exact) mass is 311 g/mol. The molecule has 0 amide bonds. The molecule has 108 valence electrons. The molecule has 1 heterocycles. The van der Waals surface area contributed by atoms with Crippen molar-refractivity contribution in [3.63, 3.8) is 0 Å². The lowest BCUT2D eigenvalue weighted by Gasteiger charge is -2.13. The molecule has 0 saturated heterocycles. The fourth-order valence-corrected chi connectivity index (χ4v) is 4.11. The minimum Gasteiger partial charge on any atom is -0.398 e. The summed E-state index contributed by atoms with van der Waals surface area (Å²) in [7, 11) is -3.64. The number of hydrogen-bond acceptors (Lipinski definition) is 5. The number of benzene rings is 1. The van der Waals surface area contributed by atoms with Crippen molar-refractivity contribution in [1.82, 2.24) is 9.71 Å². The zero-order chi connectivity index (χ0) is 14.9. The molecule has 1 aromatic carbocycles. The highest BCUT2D eigenvalue weighted by atomic mass is 32.2. The van der Waals surface area contributed by atoms with E-state index in [0.29, 0.717) is 5.56 Å². The van der Waals surface area contributed by atoms with Gasteiger partial charge in [0, 0.05) is 11.1 Å². The Balaban J connectivity index is 2.29. The van der Waals surface area contributed by atoms with Gasteiger partial charge in [-0.25, -0.2) is 18.1 Å². The zero-order valence-electron chi connectivity index (χ0n) is 11.6. The Labute approximate surface area is 122 Å². The highest BCUT2D eigenvalue weighted by molar-refractivity contribution is 7.89. The lowest BCUT2D eigenvalue weighted by molar-refractivity contribution is 0.581. The number of aryl methyl sites for hydroxylation is 2. The molecular formula is C13H17N3O2S2. The summed E-state index contributed by atoms with van der Waals surface area (Å²) in [6.45, 7) is 5.72. The Morgan fingerprint density at radius 2 is 2.00 bits per heavy atom. The number of nitrogen functional groups attached to an aromatic ring is 1. The van der Waals surface area contributed by atoms with Crippen LogP contribution in [0, 0.1) is 20.8 Å². The lowest BCUT2D eigenvalue weighted by atomic mass is 10.1. The second kappa shape index (κ2) is 5.51. The molecule has 0 bridgehead atoms. The SMILES string of the molecule is Cc1cnc(CNS(=O)(=O)c2c(N)ccc(C)c2C)s1. The molecule has 0 aliphatic heterocycles. The summed E-state index contributed by atoms with van der Waals surface area (Å²) in [5.74, 6) is 0. The summed E-state index contributed by atoms with van der Waals surface area (Å²) in [6.07, 6.45) is 1.72. The van der Waals surface area contributed by atoms with Gasteiger partial charge in [0.05, 0.1) is 12.2 Å². The summed E-state index contributed by atoms with van der Waals surface area (Å²) in [5, 5.41) is 0.731. The Hall–Kier alpha value is -1.44. The Morgan fingerprint density at radius 1 is 1.30 bits per heavy atom. The van der Waals surface area contributed by atoms with Crippen LogP contribution >= 0.6 is 11.3 Å². The molecule has 0 aliphatic rings. The molecule has 3 N–H and O–H groups in total. The predicted molar refractivity (Wildman–Crippen MR) is 81.2 cm³/mol. The molecular weight excluding hydrogens is 294 g/mol. The molecule has 0 radical (unpaired) electrons. The first kappa shape index (κ1) is 15.0. The first-order valence-corrected chi connectivity index (χ1v) is 8.38. The van der Waals surface area contributed by atoms with Crippen molar-refractivity contribution in [1.29, 1.82) is 0 Å².